The van der Waals surface area contributed by atoms with Crippen LogP contribution in [0.4, 0.5) is 5.69 Å². The molecule has 0 bridgehead atoms. The van der Waals surface area contributed by atoms with E-state index in [4.69, 9.17) is 10.2 Å². The first-order chi connectivity index (χ1) is 13.6. The minimum atomic E-state index is -0.308. The van der Waals surface area contributed by atoms with Crippen molar-refractivity contribution in [2.45, 2.75) is 25.3 Å². The van der Waals surface area contributed by atoms with Crippen molar-refractivity contribution in [3.05, 3.63) is 65.9 Å². The number of carbonyl (C=O) groups excluding carboxylic acids is 2. The van der Waals surface area contributed by atoms with Crippen LogP contribution in [0.25, 0.3) is 11.0 Å². The number of para-hydroxylation sites is 1. The third-order valence-corrected chi connectivity index (χ3v) is 5.02. The fourth-order valence-corrected chi connectivity index (χ4v) is 3.30. The van der Waals surface area contributed by atoms with Gasteiger partial charge in [0.05, 0.1) is 6.42 Å². The second-order valence-corrected chi connectivity index (χ2v) is 7.22. The number of anilines is 1. The first kappa shape index (κ1) is 18.3. The van der Waals surface area contributed by atoms with Crippen molar-refractivity contribution in [3.63, 3.8) is 0 Å². The second-order valence-electron chi connectivity index (χ2n) is 7.22. The van der Waals surface area contributed by atoms with E-state index in [9.17, 15) is 9.59 Å². The monoisotopic (exact) mass is 377 g/mol. The molecule has 2 amide bonds. The number of furan rings is 1. The van der Waals surface area contributed by atoms with Crippen LogP contribution in [0.2, 0.25) is 0 Å². The third-order valence-electron chi connectivity index (χ3n) is 5.02. The molecule has 144 valence electrons. The smallest absolute Gasteiger partial charge is 0.291 e. The first-order valence-corrected chi connectivity index (χ1v) is 9.50. The van der Waals surface area contributed by atoms with Gasteiger partial charge in [0.15, 0.2) is 5.76 Å². The summed E-state index contributed by atoms with van der Waals surface area (Å²) >= 11 is 0. The number of nitrogens with one attached hydrogen (secondary N) is 2. The molecule has 1 aliphatic rings. The summed E-state index contributed by atoms with van der Waals surface area (Å²) in [5.74, 6) is 0.459. The lowest BCUT2D eigenvalue weighted by Crippen LogP contribution is -2.42. The maximum absolute atomic E-state index is 12.4. The Kier molecular flexibility index (Phi) is 5.12. The summed E-state index contributed by atoms with van der Waals surface area (Å²) in [6.07, 6.45) is 2.57. The molecule has 1 atom stereocenters. The van der Waals surface area contributed by atoms with Gasteiger partial charge in [0.2, 0.25) is 5.91 Å². The lowest BCUT2D eigenvalue weighted by atomic mass is 10.1. The van der Waals surface area contributed by atoms with Gasteiger partial charge in [-0.05, 0) is 48.6 Å². The topological polar surface area (TPSA) is 97.4 Å². The number of fused-ring (bicyclic) bond motifs is 1. The number of amides is 2. The molecule has 1 aliphatic carbocycles. The molecule has 0 radical (unpaired) electrons. The van der Waals surface area contributed by atoms with E-state index >= 15 is 0 Å². The lowest BCUT2D eigenvalue weighted by molar-refractivity contribution is -0.121. The molecule has 0 saturated heterocycles. The van der Waals surface area contributed by atoms with Crippen molar-refractivity contribution in [2.24, 2.45) is 11.7 Å². The Morgan fingerprint density at radius 1 is 1.11 bits per heavy atom. The molecule has 4 N–H and O–H groups in total. The normalized spacial score (nSPS) is 14.6. The molecule has 4 rings (SSSR count). The predicted molar refractivity (Wildman–Crippen MR) is 108 cm³/mol. The average molecular weight is 377 g/mol. The molecule has 6 nitrogen and oxygen atoms in total. The molecule has 28 heavy (non-hydrogen) atoms. The zero-order chi connectivity index (χ0) is 19.5. The molecule has 0 aliphatic heterocycles. The number of carbonyl (C=O) groups is 2. The SMILES string of the molecule is NCC(NC(=O)Cc1ccc(NC(=O)c2cc3ccccc3o2)cc1)C1CC1. The fourth-order valence-electron chi connectivity index (χ4n) is 3.30. The van der Waals surface area contributed by atoms with Crippen LogP contribution in [0.1, 0.15) is 29.0 Å². The zero-order valence-electron chi connectivity index (χ0n) is 15.5. The summed E-state index contributed by atoms with van der Waals surface area (Å²) in [5, 5.41) is 6.71. The van der Waals surface area contributed by atoms with E-state index in [0.29, 0.717) is 30.2 Å². The molecule has 3 aromatic rings. The van der Waals surface area contributed by atoms with Crippen LogP contribution in [0.15, 0.2) is 59.0 Å². The maximum Gasteiger partial charge on any atom is 0.291 e. The molecule has 1 saturated carbocycles. The highest BCUT2D eigenvalue weighted by molar-refractivity contribution is 6.04. The van der Waals surface area contributed by atoms with Crippen LogP contribution in [0.3, 0.4) is 0 Å². The number of hydrogen-bond acceptors (Lipinski definition) is 4. The van der Waals surface area contributed by atoms with E-state index in [-0.39, 0.29) is 23.6 Å². The second kappa shape index (κ2) is 7.86. The van der Waals surface area contributed by atoms with Crippen LogP contribution in [0.5, 0.6) is 0 Å². The number of nitrogens with two attached hydrogens (primary N) is 1. The van der Waals surface area contributed by atoms with Crippen molar-refractivity contribution in [1.29, 1.82) is 0 Å². The van der Waals surface area contributed by atoms with Gasteiger partial charge in [-0.1, -0.05) is 30.3 Å². The standard InChI is InChI=1S/C22H23N3O3/c23-13-18(15-7-8-15)25-21(26)11-14-5-9-17(10-6-14)24-22(27)20-12-16-3-1-2-4-19(16)28-20/h1-6,9-10,12,15,18H,7-8,11,13,23H2,(H,24,27)(H,25,26). The van der Waals surface area contributed by atoms with Gasteiger partial charge in [0.25, 0.3) is 5.91 Å². The number of rotatable bonds is 7. The van der Waals surface area contributed by atoms with Crippen LogP contribution in [-0.4, -0.2) is 24.4 Å². The summed E-state index contributed by atoms with van der Waals surface area (Å²) < 4.78 is 5.58. The Morgan fingerprint density at radius 2 is 1.86 bits per heavy atom. The van der Waals surface area contributed by atoms with Gasteiger partial charge in [-0.3, -0.25) is 9.59 Å². The molecule has 1 unspecified atom stereocenters. The van der Waals surface area contributed by atoms with E-state index in [2.05, 4.69) is 10.6 Å². The average Bonchev–Trinajstić information content (AvgIpc) is 3.45. The largest absolute Gasteiger partial charge is 0.451 e. The number of hydrogen-bond donors (Lipinski definition) is 3. The summed E-state index contributed by atoms with van der Waals surface area (Å²) in [4.78, 5) is 24.6. The first-order valence-electron chi connectivity index (χ1n) is 9.50. The molecule has 6 heteroatoms. The third kappa shape index (κ3) is 4.23. The van der Waals surface area contributed by atoms with Crippen molar-refractivity contribution < 1.29 is 14.0 Å². The minimum absolute atomic E-state index is 0.0265. The highest BCUT2D eigenvalue weighted by atomic mass is 16.3. The van der Waals surface area contributed by atoms with Gasteiger partial charge in [-0.25, -0.2) is 0 Å². The van der Waals surface area contributed by atoms with Crippen molar-refractivity contribution in [3.8, 4) is 0 Å². The van der Waals surface area contributed by atoms with Gasteiger partial charge in [0, 0.05) is 23.7 Å². The van der Waals surface area contributed by atoms with Gasteiger partial charge < -0.3 is 20.8 Å². The predicted octanol–water partition coefficient (Wildman–Crippen LogP) is 3.08. The zero-order valence-corrected chi connectivity index (χ0v) is 15.5. The Morgan fingerprint density at radius 3 is 2.54 bits per heavy atom. The molecular formula is C22H23N3O3. The Bertz CT molecular complexity index is 957. The molecule has 1 fully saturated rings. The van der Waals surface area contributed by atoms with E-state index in [1.807, 2.05) is 36.4 Å². The van der Waals surface area contributed by atoms with E-state index in [0.717, 1.165) is 23.8 Å². The molecule has 2 aromatic carbocycles. The Labute approximate surface area is 163 Å². The molecular weight excluding hydrogens is 354 g/mol. The Balaban J connectivity index is 1.34. The quantitative estimate of drug-likeness (QED) is 0.589. The maximum atomic E-state index is 12.4. The highest BCUT2D eigenvalue weighted by Gasteiger charge is 2.31. The van der Waals surface area contributed by atoms with Crippen LogP contribution in [0, 0.1) is 5.92 Å². The number of benzene rings is 2. The van der Waals surface area contributed by atoms with E-state index in [1.165, 1.54) is 0 Å². The molecule has 0 spiro atoms. The van der Waals surface area contributed by atoms with Crippen molar-refractivity contribution in [2.75, 3.05) is 11.9 Å². The van der Waals surface area contributed by atoms with Gasteiger partial charge >= 0.3 is 0 Å². The summed E-state index contributed by atoms with van der Waals surface area (Å²) in [5.41, 5.74) is 7.93. The molecule has 1 aromatic heterocycles. The van der Waals surface area contributed by atoms with E-state index in [1.54, 1.807) is 18.2 Å². The summed E-state index contributed by atoms with van der Waals surface area (Å²) in [7, 11) is 0. The minimum Gasteiger partial charge on any atom is -0.451 e. The van der Waals surface area contributed by atoms with Crippen LogP contribution in [-0.2, 0) is 11.2 Å². The van der Waals surface area contributed by atoms with Gasteiger partial charge in [0.1, 0.15) is 5.58 Å². The van der Waals surface area contributed by atoms with Crippen molar-refractivity contribution in [1.82, 2.24) is 5.32 Å². The van der Waals surface area contributed by atoms with Crippen LogP contribution < -0.4 is 16.4 Å². The van der Waals surface area contributed by atoms with Crippen LogP contribution >= 0.6 is 0 Å². The van der Waals surface area contributed by atoms with Gasteiger partial charge in [-0.15, -0.1) is 0 Å². The summed E-state index contributed by atoms with van der Waals surface area (Å²) in [6.45, 7) is 0.475. The highest BCUT2D eigenvalue weighted by Crippen LogP contribution is 2.32. The summed E-state index contributed by atoms with van der Waals surface area (Å²) in [6, 6.07) is 16.5. The van der Waals surface area contributed by atoms with Crippen molar-refractivity contribution >= 4 is 28.5 Å². The van der Waals surface area contributed by atoms with E-state index < -0.39 is 0 Å². The Hall–Kier alpha value is -3.12. The van der Waals surface area contributed by atoms with Gasteiger partial charge in [-0.2, -0.15) is 0 Å². The fraction of sp³-hybridized carbons (Fsp3) is 0.273. The molecule has 1 heterocycles. The lowest BCUT2D eigenvalue weighted by Gasteiger charge is -2.16.